The summed E-state index contributed by atoms with van der Waals surface area (Å²) in [6.45, 7) is 3.66. The molecule has 0 radical (unpaired) electrons. The second-order valence-electron chi connectivity index (χ2n) is 5.02. The van der Waals surface area contributed by atoms with Crippen LogP contribution in [0.1, 0.15) is 22.8 Å². The molecule has 0 fully saturated rings. The minimum atomic E-state index is -0.487. The van der Waals surface area contributed by atoms with Gasteiger partial charge >= 0.3 is 5.97 Å². The first-order chi connectivity index (χ1) is 11.1. The normalized spacial score (nSPS) is 12.8. The number of hydrogen-bond donors (Lipinski definition) is 0. The van der Waals surface area contributed by atoms with E-state index in [9.17, 15) is 9.59 Å². The van der Waals surface area contributed by atoms with Crippen LogP contribution in [-0.4, -0.2) is 35.2 Å². The first-order valence-electron chi connectivity index (χ1n) is 7.18. The van der Waals surface area contributed by atoms with Gasteiger partial charge in [0, 0.05) is 0 Å². The van der Waals surface area contributed by atoms with Crippen molar-refractivity contribution in [1.82, 2.24) is 10.2 Å². The van der Waals surface area contributed by atoms with E-state index in [0.717, 1.165) is 5.56 Å². The van der Waals surface area contributed by atoms with E-state index in [-0.39, 0.29) is 30.5 Å². The average molecular weight is 313 g/mol. The van der Waals surface area contributed by atoms with Gasteiger partial charge in [0.25, 0.3) is 11.8 Å². The van der Waals surface area contributed by atoms with Crippen LogP contribution in [0.2, 0.25) is 0 Å². The lowest BCUT2D eigenvalue weighted by atomic mass is 10.1. The molecule has 0 N–H and O–H groups in total. The molecule has 1 aliphatic heterocycles. The average Bonchev–Trinajstić information content (AvgIpc) is 2.64. The molecule has 0 saturated heterocycles. The van der Waals surface area contributed by atoms with Gasteiger partial charge in [0.15, 0.2) is 5.75 Å². The van der Waals surface area contributed by atoms with Gasteiger partial charge in [-0.3, -0.25) is 14.5 Å². The molecule has 3 rings (SSSR count). The highest BCUT2D eigenvalue weighted by atomic mass is 16.5. The van der Waals surface area contributed by atoms with Gasteiger partial charge in [-0.1, -0.05) is 6.07 Å². The summed E-state index contributed by atoms with van der Waals surface area (Å²) in [5.41, 5.74) is 1.69. The number of carbonyl (C=O) groups excluding carboxylic acids is 2. The van der Waals surface area contributed by atoms with E-state index >= 15 is 0 Å². The van der Waals surface area contributed by atoms with E-state index in [2.05, 4.69) is 10.2 Å². The number of amides is 1. The van der Waals surface area contributed by atoms with Crippen molar-refractivity contribution < 1.29 is 19.1 Å². The molecule has 0 spiro atoms. The maximum atomic E-state index is 12.8. The number of hydrogen-bond acceptors (Lipinski definition) is 6. The Morgan fingerprint density at radius 2 is 2.17 bits per heavy atom. The monoisotopic (exact) mass is 313 g/mol. The van der Waals surface area contributed by atoms with Crippen molar-refractivity contribution in [2.75, 3.05) is 18.1 Å². The summed E-state index contributed by atoms with van der Waals surface area (Å²) in [5, 5.41) is 7.61. The lowest BCUT2D eigenvalue weighted by molar-refractivity contribution is -0.141. The summed E-state index contributed by atoms with van der Waals surface area (Å²) < 4.78 is 10.7. The third-order valence-corrected chi connectivity index (χ3v) is 3.37. The molecule has 7 nitrogen and oxygen atoms in total. The maximum absolute atomic E-state index is 12.8. The van der Waals surface area contributed by atoms with Crippen molar-refractivity contribution in [2.45, 2.75) is 13.8 Å². The Morgan fingerprint density at radius 1 is 1.35 bits per heavy atom. The first-order valence-corrected chi connectivity index (χ1v) is 7.18. The predicted molar refractivity (Wildman–Crippen MR) is 81.6 cm³/mol. The lowest BCUT2D eigenvalue weighted by Gasteiger charge is -2.21. The summed E-state index contributed by atoms with van der Waals surface area (Å²) in [4.78, 5) is 26.1. The zero-order valence-corrected chi connectivity index (χ0v) is 12.8. The van der Waals surface area contributed by atoms with Gasteiger partial charge in [0.05, 0.1) is 18.5 Å². The lowest BCUT2D eigenvalue weighted by Crippen LogP contribution is -2.36. The summed E-state index contributed by atoms with van der Waals surface area (Å²) in [6.07, 6.45) is 1.41. The molecule has 0 aliphatic carbocycles. The van der Waals surface area contributed by atoms with Crippen molar-refractivity contribution in [2.24, 2.45) is 0 Å². The van der Waals surface area contributed by atoms with Crippen LogP contribution in [0.5, 0.6) is 11.6 Å². The number of nitrogens with zero attached hydrogens (tertiary/aromatic N) is 3. The highest BCUT2D eigenvalue weighted by Gasteiger charge is 2.31. The number of ether oxygens (including phenoxy) is 2. The molecular formula is C16H15N3O4. The summed E-state index contributed by atoms with van der Waals surface area (Å²) in [7, 11) is 0. The Bertz CT molecular complexity index is 776. The van der Waals surface area contributed by atoms with E-state index in [1.54, 1.807) is 19.1 Å². The van der Waals surface area contributed by atoms with Gasteiger partial charge in [0.1, 0.15) is 12.1 Å². The molecule has 118 valence electrons. The zero-order valence-electron chi connectivity index (χ0n) is 12.8. The van der Waals surface area contributed by atoms with Gasteiger partial charge in [-0.15, -0.1) is 5.10 Å². The van der Waals surface area contributed by atoms with Gasteiger partial charge in [-0.25, -0.2) is 0 Å². The second kappa shape index (κ2) is 6.04. The van der Waals surface area contributed by atoms with Crippen molar-refractivity contribution in [3.63, 3.8) is 0 Å². The first kappa shape index (κ1) is 15.0. The topological polar surface area (TPSA) is 81.6 Å². The Kier molecular flexibility index (Phi) is 3.92. The number of fused-ring (bicyclic) bond motifs is 2. The van der Waals surface area contributed by atoms with Crippen LogP contribution in [0.15, 0.2) is 30.5 Å². The number of esters is 1. The molecule has 0 atom stereocenters. The van der Waals surface area contributed by atoms with Gasteiger partial charge in [-0.05, 0) is 37.6 Å². The summed E-state index contributed by atoms with van der Waals surface area (Å²) in [6, 6.07) is 6.89. The number of benzene rings is 1. The van der Waals surface area contributed by atoms with Gasteiger partial charge in [-0.2, -0.15) is 5.10 Å². The maximum Gasteiger partial charge on any atom is 0.326 e. The fraction of sp³-hybridized carbons (Fsp3) is 0.250. The minimum absolute atomic E-state index is 0.119. The SMILES string of the molecule is CCOC(=O)CN1C(=O)c2ccnnc2Oc2ccc(C)cc21. The van der Waals surface area contributed by atoms with Gasteiger partial charge in [0.2, 0.25) is 0 Å². The van der Waals surface area contributed by atoms with Crippen LogP contribution in [0, 0.1) is 6.92 Å². The van der Waals surface area contributed by atoms with Crippen molar-refractivity contribution in [1.29, 1.82) is 0 Å². The number of carbonyl (C=O) groups is 2. The fourth-order valence-electron chi connectivity index (χ4n) is 2.33. The second-order valence-corrected chi connectivity index (χ2v) is 5.02. The van der Waals surface area contributed by atoms with E-state index in [1.807, 2.05) is 13.0 Å². The Morgan fingerprint density at radius 3 is 2.96 bits per heavy atom. The standard InChI is InChI=1S/C16H15N3O4/c1-3-22-14(20)9-19-12-8-10(2)4-5-13(12)23-15-11(16(19)21)6-7-17-18-15/h4-8H,3,9H2,1-2H3. The molecule has 2 aromatic rings. The van der Waals surface area contributed by atoms with Crippen molar-refractivity contribution in [3.05, 3.63) is 41.6 Å². The molecule has 1 aromatic heterocycles. The predicted octanol–water partition coefficient (Wildman–Crippen LogP) is 2.10. The van der Waals surface area contributed by atoms with Crippen LogP contribution >= 0.6 is 0 Å². The zero-order chi connectivity index (χ0) is 16.4. The smallest absolute Gasteiger partial charge is 0.326 e. The molecule has 1 amide bonds. The molecule has 1 aromatic carbocycles. The van der Waals surface area contributed by atoms with Crippen LogP contribution in [0.3, 0.4) is 0 Å². The largest absolute Gasteiger partial charge is 0.465 e. The van der Waals surface area contributed by atoms with E-state index < -0.39 is 5.97 Å². The molecule has 23 heavy (non-hydrogen) atoms. The Balaban J connectivity index is 2.10. The summed E-state index contributed by atoms with van der Waals surface area (Å²) >= 11 is 0. The molecule has 2 heterocycles. The Labute approximate surface area is 132 Å². The fourth-order valence-corrected chi connectivity index (χ4v) is 2.33. The van der Waals surface area contributed by atoms with E-state index in [0.29, 0.717) is 11.4 Å². The number of aromatic nitrogens is 2. The molecule has 0 unspecified atom stereocenters. The van der Waals surface area contributed by atoms with Crippen molar-refractivity contribution in [3.8, 4) is 11.6 Å². The van der Waals surface area contributed by atoms with E-state index in [4.69, 9.17) is 9.47 Å². The third kappa shape index (κ3) is 2.85. The number of rotatable bonds is 3. The summed E-state index contributed by atoms with van der Waals surface area (Å²) in [5.74, 6) is -0.312. The minimum Gasteiger partial charge on any atom is -0.465 e. The highest BCUT2D eigenvalue weighted by molar-refractivity contribution is 6.11. The highest BCUT2D eigenvalue weighted by Crippen LogP contribution is 2.38. The third-order valence-electron chi connectivity index (χ3n) is 3.37. The Hall–Kier alpha value is -2.96. The quantitative estimate of drug-likeness (QED) is 0.807. The van der Waals surface area contributed by atoms with Crippen LogP contribution in [-0.2, 0) is 9.53 Å². The molecule has 0 saturated carbocycles. The molecule has 0 bridgehead atoms. The van der Waals surface area contributed by atoms with Crippen LogP contribution < -0.4 is 9.64 Å². The van der Waals surface area contributed by atoms with Crippen molar-refractivity contribution >= 4 is 17.6 Å². The van der Waals surface area contributed by atoms with Crippen LogP contribution in [0.4, 0.5) is 5.69 Å². The number of aryl methyl sites for hydroxylation is 1. The van der Waals surface area contributed by atoms with E-state index in [1.165, 1.54) is 17.2 Å². The van der Waals surface area contributed by atoms with Gasteiger partial charge < -0.3 is 9.47 Å². The van der Waals surface area contributed by atoms with Crippen LogP contribution in [0.25, 0.3) is 0 Å². The molecular weight excluding hydrogens is 298 g/mol. The molecule has 1 aliphatic rings. The number of anilines is 1. The molecule has 7 heteroatoms.